The second kappa shape index (κ2) is 4.24. The van der Waals surface area contributed by atoms with Crippen LogP contribution in [0, 0.1) is 12.8 Å². The van der Waals surface area contributed by atoms with Gasteiger partial charge in [0, 0.05) is 5.92 Å². The third-order valence-electron chi connectivity index (χ3n) is 2.38. The van der Waals surface area contributed by atoms with Gasteiger partial charge in [-0.1, -0.05) is 37.3 Å². The van der Waals surface area contributed by atoms with Crippen molar-refractivity contribution in [2.24, 2.45) is 5.92 Å². The van der Waals surface area contributed by atoms with Crippen LogP contribution in [-0.2, 0) is 0 Å². The molecule has 0 heterocycles. The van der Waals surface area contributed by atoms with Crippen molar-refractivity contribution in [2.75, 3.05) is 0 Å². The second-order valence-electron chi connectivity index (χ2n) is 3.40. The van der Waals surface area contributed by atoms with Gasteiger partial charge in [0.2, 0.25) is 0 Å². The molecule has 0 radical (unpaired) electrons. The van der Waals surface area contributed by atoms with E-state index in [0.29, 0.717) is 0 Å². The van der Waals surface area contributed by atoms with Crippen LogP contribution in [0.2, 0.25) is 0 Å². The summed E-state index contributed by atoms with van der Waals surface area (Å²) in [6, 6.07) is 7.89. The van der Waals surface area contributed by atoms with Crippen LogP contribution in [-0.4, -0.2) is 5.11 Å². The summed E-state index contributed by atoms with van der Waals surface area (Å²) in [5, 5.41) is 9.90. The molecule has 0 bridgehead atoms. The summed E-state index contributed by atoms with van der Waals surface area (Å²) in [6.07, 6.45) is 1.34. The number of hydrogen-bond acceptors (Lipinski definition) is 1. The summed E-state index contributed by atoms with van der Waals surface area (Å²) in [4.78, 5) is 0. The molecule has 2 unspecified atom stereocenters. The zero-order valence-electron chi connectivity index (χ0n) is 8.20. The highest BCUT2D eigenvalue weighted by Crippen LogP contribution is 2.24. The SMILES string of the molecule is C=CC(C)C(O)c1ccccc1C. The van der Waals surface area contributed by atoms with Crippen LogP contribution < -0.4 is 0 Å². The molecule has 0 amide bonds. The third-order valence-corrected chi connectivity index (χ3v) is 2.38. The van der Waals surface area contributed by atoms with Crippen LogP contribution >= 0.6 is 0 Å². The molecule has 1 N–H and O–H groups in total. The molecule has 0 spiro atoms. The van der Waals surface area contributed by atoms with Crippen molar-refractivity contribution in [2.45, 2.75) is 20.0 Å². The summed E-state index contributed by atoms with van der Waals surface area (Å²) in [5.41, 5.74) is 2.12. The van der Waals surface area contributed by atoms with Crippen LogP contribution in [0.15, 0.2) is 36.9 Å². The van der Waals surface area contributed by atoms with E-state index in [1.807, 2.05) is 38.1 Å². The maximum Gasteiger partial charge on any atom is 0.0852 e. The van der Waals surface area contributed by atoms with E-state index in [2.05, 4.69) is 6.58 Å². The lowest BCUT2D eigenvalue weighted by atomic mass is 9.94. The molecule has 1 nitrogen and oxygen atoms in total. The molecule has 70 valence electrons. The standard InChI is InChI=1S/C12H16O/c1-4-9(2)12(13)11-8-6-5-7-10(11)3/h4-9,12-13H,1H2,2-3H3. The molecule has 1 aromatic rings. The van der Waals surface area contributed by atoms with Gasteiger partial charge in [0.15, 0.2) is 0 Å². The fraction of sp³-hybridized carbons (Fsp3) is 0.333. The Morgan fingerprint density at radius 2 is 2.00 bits per heavy atom. The maximum atomic E-state index is 9.90. The molecule has 0 aliphatic rings. The maximum absolute atomic E-state index is 9.90. The van der Waals surface area contributed by atoms with Crippen LogP contribution in [0.4, 0.5) is 0 Å². The highest BCUT2D eigenvalue weighted by atomic mass is 16.3. The highest BCUT2D eigenvalue weighted by Gasteiger charge is 2.14. The quantitative estimate of drug-likeness (QED) is 0.702. The van der Waals surface area contributed by atoms with E-state index in [9.17, 15) is 5.11 Å². The lowest BCUT2D eigenvalue weighted by Crippen LogP contribution is -2.07. The number of aliphatic hydroxyl groups excluding tert-OH is 1. The molecule has 1 rings (SSSR count). The summed E-state index contributed by atoms with van der Waals surface area (Å²) in [6.45, 7) is 7.65. The van der Waals surface area contributed by atoms with Crippen molar-refractivity contribution in [1.82, 2.24) is 0 Å². The van der Waals surface area contributed by atoms with E-state index in [1.165, 1.54) is 0 Å². The summed E-state index contributed by atoms with van der Waals surface area (Å²) < 4.78 is 0. The molecule has 0 aliphatic heterocycles. The molecule has 0 aliphatic carbocycles. The van der Waals surface area contributed by atoms with Crippen LogP contribution in [0.3, 0.4) is 0 Å². The normalized spacial score (nSPS) is 15.0. The van der Waals surface area contributed by atoms with Gasteiger partial charge in [0.1, 0.15) is 0 Å². The molecule has 1 aromatic carbocycles. The molecule has 0 saturated heterocycles. The van der Waals surface area contributed by atoms with E-state index in [4.69, 9.17) is 0 Å². The van der Waals surface area contributed by atoms with Gasteiger partial charge in [-0.3, -0.25) is 0 Å². The van der Waals surface area contributed by atoms with Crippen molar-refractivity contribution in [3.05, 3.63) is 48.0 Å². The first-order valence-electron chi connectivity index (χ1n) is 4.53. The van der Waals surface area contributed by atoms with E-state index < -0.39 is 6.10 Å². The Labute approximate surface area is 79.7 Å². The van der Waals surface area contributed by atoms with E-state index in [-0.39, 0.29) is 5.92 Å². The third kappa shape index (κ3) is 2.19. The molecular weight excluding hydrogens is 160 g/mol. The molecule has 13 heavy (non-hydrogen) atoms. The molecule has 2 atom stereocenters. The Hall–Kier alpha value is -1.08. The van der Waals surface area contributed by atoms with Crippen molar-refractivity contribution in [1.29, 1.82) is 0 Å². The zero-order chi connectivity index (χ0) is 9.84. The largest absolute Gasteiger partial charge is 0.388 e. The fourth-order valence-electron chi connectivity index (χ4n) is 1.33. The first-order chi connectivity index (χ1) is 6.16. The van der Waals surface area contributed by atoms with Gasteiger partial charge in [-0.2, -0.15) is 0 Å². The van der Waals surface area contributed by atoms with E-state index in [1.54, 1.807) is 6.08 Å². The van der Waals surface area contributed by atoms with E-state index >= 15 is 0 Å². The zero-order valence-corrected chi connectivity index (χ0v) is 8.20. The molecule has 0 saturated carbocycles. The van der Waals surface area contributed by atoms with Gasteiger partial charge < -0.3 is 5.11 Å². The van der Waals surface area contributed by atoms with Crippen LogP contribution in [0.1, 0.15) is 24.2 Å². The van der Waals surface area contributed by atoms with Crippen molar-refractivity contribution in [3.63, 3.8) is 0 Å². The monoisotopic (exact) mass is 176 g/mol. The van der Waals surface area contributed by atoms with Crippen molar-refractivity contribution < 1.29 is 5.11 Å². The Morgan fingerprint density at radius 3 is 2.54 bits per heavy atom. The first kappa shape index (κ1) is 10.0. The summed E-state index contributed by atoms with van der Waals surface area (Å²) in [5.74, 6) is 0.0982. The van der Waals surface area contributed by atoms with Crippen molar-refractivity contribution >= 4 is 0 Å². The number of aliphatic hydroxyl groups is 1. The topological polar surface area (TPSA) is 20.2 Å². The van der Waals surface area contributed by atoms with Gasteiger partial charge in [-0.05, 0) is 18.1 Å². The van der Waals surface area contributed by atoms with Crippen LogP contribution in [0.25, 0.3) is 0 Å². The highest BCUT2D eigenvalue weighted by molar-refractivity contribution is 5.28. The number of rotatable bonds is 3. The minimum absolute atomic E-state index is 0.0982. The molecule has 0 aromatic heterocycles. The smallest absolute Gasteiger partial charge is 0.0852 e. The van der Waals surface area contributed by atoms with Gasteiger partial charge in [-0.25, -0.2) is 0 Å². The lowest BCUT2D eigenvalue weighted by Gasteiger charge is -2.17. The Bertz CT molecular complexity index is 291. The number of aryl methyl sites for hydroxylation is 1. The molecular formula is C12H16O. The predicted molar refractivity (Wildman–Crippen MR) is 55.5 cm³/mol. The number of hydrogen-bond donors (Lipinski definition) is 1. The average molecular weight is 176 g/mol. The number of benzene rings is 1. The average Bonchev–Trinajstić information content (AvgIpc) is 2.16. The van der Waals surface area contributed by atoms with E-state index in [0.717, 1.165) is 11.1 Å². The molecule has 0 fully saturated rings. The van der Waals surface area contributed by atoms with Gasteiger partial charge in [-0.15, -0.1) is 6.58 Å². The van der Waals surface area contributed by atoms with Gasteiger partial charge in [0.05, 0.1) is 6.10 Å². The minimum Gasteiger partial charge on any atom is -0.388 e. The molecule has 1 heteroatoms. The van der Waals surface area contributed by atoms with Gasteiger partial charge >= 0.3 is 0 Å². The van der Waals surface area contributed by atoms with Crippen LogP contribution in [0.5, 0.6) is 0 Å². The minimum atomic E-state index is -0.432. The second-order valence-corrected chi connectivity index (χ2v) is 3.40. The Morgan fingerprint density at radius 1 is 1.38 bits per heavy atom. The Kier molecular flexibility index (Phi) is 3.26. The van der Waals surface area contributed by atoms with Crippen molar-refractivity contribution in [3.8, 4) is 0 Å². The lowest BCUT2D eigenvalue weighted by molar-refractivity contribution is 0.139. The Balaban J connectivity index is 2.94. The summed E-state index contributed by atoms with van der Waals surface area (Å²) in [7, 11) is 0. The first-order valence-corrected chi connectivity index (χ1v) is 4.53. The summed E-state index contributed by atoms with van der Waals surface area (Å²) >= 11 is 0. The predicted octanol–water partition coefficient (Wildman–Crippen LogP) is 2.85. The van der Waals surface area contributed by atoms with Gasteiger partial charge in [0.25, 0.3) is 0 Å². The fourth-order valence-corrected chi connectivity index (χ4v) is 1.33.